The highest BCUT2D eigenvalue weighted by atomic mass is 16.5. The zero-order valence-electron chi connectivity index (χ0n) is 19.4. The van der Waals surface area contributed by atoms with E-state index in [0.29, 0.717) is 25.4 Å². The number of fused-ring (bicyclic) bond motifs is 1. The van der Waals surface area contributed by atoms with Gasteiger partial charge in [0, 0.05) is 37.3 Å². The average molecular weight is 449 g/mol. The van der Waals surface area contributed by atoms with Crippen molar-refractivity contribution in [3.05, 3.63) is 65.7 Å². The van der Waals surface area contributed by atoms with Crippen LogP contribution in [0.2, 0.25) is 0 Å². The number of carbonyl (C=O) groups is 2. The van der Waals surface area contributed by atoms with Gasteiger partial charge in [-0.2, -0.15) is 0 Å². The van der Waals surface area contributed by atoms with Crippen molar-refractivity contribution in [1.82, 2.24) is 9.80 Å². The average Bonchev–Trinajstić information content (AvgIpc) is 2.87. The summed E-state index contributed by atoms with van der Waals surface area (Å²) in [6.45, 7) is 2.17. The third-order valence-electron chi connectivity index (χ3n) is 6.77. The summed E-state index contributed by atoms with van der Waals surface area (Å²) in [6, 6.07) is 15.5. The van der Waals surface area contributed by atoms with Gasteiger partial charge in [0.05, 0.1) is 20.6 Å². The maximum atomic E-state index is 13.0. The first-order valence-electron chi connectivity index (χ1n) is 11.6. The number of benzene rings is 2. The Labute approximate surface area is 195 Å². The molecule has 2 aliphatic rings. The molecule has 0 radical (unpaired) electrons. The molecule has 2 saturated heterocycles. The zero-order chi connectivity index (χ0) is 23.2. The number of piperidine rings is 2. The van der Waals surface area contributed by atoms with Gasteiger partial charge in [-0.3, -0.25) is 9.59 Å². The second-order valence-electron chi connectivity index (χ2n) is 8.72. The molecule has 0 N–H and O–H groups in total. The van der Waals surface area contributed by atoms with E-state index in [1.54, 1.807) is 20.3 Å². The van der Waals surface area contributed by atoms with Crippen molar-refractivity contribution in [3.63, 3.8) is 0 Å². The summed E-state index contributed by atoms with van der Waals surface area (Å²) in [7, 11) is 3.27. The molecule has 0 spiro atoms. The van der Waals surface area contributed by atoms with Gasteiger partial charge in [0.15, 0.2) is 0 Å². The van der Waals surface area contributed by atoms with Crippen LogP contribution in [0.1, 0.15) is 30.4 Å². The molecule has 0 aliphatic carbocycles. The molecule has 2 aromatic carbocycles. The molecule has 0 saturated carbocycles. The van der Waals surface area contributed by atoms with E-state index in [9.17, 15) is 9.59 Å². The van der Waals surface area contributed by atoms with Crippen LogP contribution in [-0.2, 0) is 16.0 Å². The fourth-order valence-corrected chi connectivity index (χ4v) is 5.01. The molecule has 2 atom stereocenters. The smallest absolute Gasteiger partial charge is 0.246 e. The lowest BCUT2D eigenvalue weighted by Crippen LogP contribution is -2.56. The Morgan fingerprint density at radius 1 is 1.00 bits per heavy atom. The van der Waals surface area contributed by atoms with Crippen LogP contribution < -0.4 is 9.47 Å². The van der Waals surface area contributed by atoms with Crippen LogP contribution in [0.25, 0.3) is 6.08 Å². The van der Waals surface area contributed by atoms with Crippen LogP contribution in [0, 0.1) is 5.92 Å². The van der Waals surface area contributed by atoms with Crippen LogP contribution in [0.3, 0.4) is 0 Å². The molecule has 0 aromatic heterocycles. The van der Waals surface area contributed by atoms with E-state index in [0.717, 1.165) is 48.4 Å². The molecular formula is C27H32N2O4. The Kier molecular flexibility index (Phi) is 7.33. The van der Waals surface area contributed by atoms with E-state index in [4.69, 9.17) is 9.47 Å². The number of ether oxygens (including phenoxy) is 2. The van der Waals surface area contributed by atoms with Gasteiger partial charge in [0.2, 0.25) is 11.8 Å². The summed E-state index contributed by atoms with van der Waals surface area (Å²) in [5, 5.41) is 0. The predicted molar refractivity (Wildman–Crippen MR) is 128 cm³/mol. The Morgan fingerprint density at radius 2 is 1.79 bits per heavy atom. The molecule has 6 nitrogen and oxygen atoms in total. The second kappa shape index (κ2) is 10.6. The largest absolute Gasteiger partial charge is 0.497 e. The summed E-state index contributed by atoms with van der Waals surface area (Å²) in [5.41, 5.74) is 1.88. The molecule has 174 valence electrons. The topological polar surface area (TPSA) is 59.1 Å². The zero-order valence-corrected chi connectivity index (χ0v) is 19.4. The Morgan fingerprint density at radius 3 is 2.55 bits per heavy atom. The minimum absolute atomic E-state index is 0.0503. The standard InChI is InChI=1S/C27H32N2O4/c1-32-23-12-9-20(10-13-23)11-14-26(30)29-16-5-7-22-19-28(17-15-24(22)29)27(31)18-21-6-3-4-8-25(21)33-2/h3-4,6,8-14,22,24H,5,7,15-19H2,1-2H3/b14-11+/t22-,24-/m1/s1. The first kappa shape index (κ1) is 22.9. The molecule has 2 amide bonds. The fourth-order valence-electron chi connectivity index (χ4n) is 5.01. The monoisotopic (exact) mass is 448 g/mol. The summed E-state index contributed by atoms with van der Waals surface area (Å²) in [6.07, 6.45) is 6.71. The van der Waals surface area contributed by atoms with Crippen molar-refractivity contribution in [2.75, 3.05) is 33.9 Å². The van der Waals surface area contributed by atoms with Crippen LogP contribution >= 0.6 is 0 Å². The number of para-hydroxylation sites is 1. The van der Waals surface area contributed by atoms with Crippen molar-refractivity contribution in [2.24, 2.45) is 5.92 Å². The second-order valence-corrected chi connectivity index (χ2v) is 8.72. The van der Waals surface area contributed by atoms with E-state index in [1.807, 2.05) is 64.4 Å². The maximum Gasteiger partial charge on any atom is 0.246 e. The molecular weight excluding hydrogens is 416 g/mol. The van der Waals surface area contributed by atoms with Crippen molar-refractivity contribution in [1.29, 1.82) is 0 Å². The summed E-state index contributed by atoms with van der Waals surface area (Å²) >= 11 is 0. The highest BCUT2D eigenvalue weighted by Crippen LogP contribution is 2.31. The van der Waals surface area contributed by atoms with Crippen LogP contribution in [0.15, 0.2) is 54.6 Å². The molecule has 2 fully saturated rings. The van der Waals surface area contributed by atoms with Gasteiger partial charge >= 0.3 is 0 Å². The van der Waals surface area contributed by atoms with Gasteiger partial charge in [-0.15, -0.1) is 0 Å². The van der Waals surface area contributed by atoms with Crippen molar-refractivity contribution in [3.8, 4) is 11.5 Å². The number of rotatable bonds is 6. The molecule has 0 bridgehead atoms. The van der Waals surface area contributed by atoms with Crippen LogP contribution in [-0.4, -0.2) is 61.5 Å². The lowest BCUT2D eigenvalue weighted by atomic mass is 9.83. The summed E-state index contributed by atoms with van der Waals surface area (Å²) < 4.78 is 10.6. The SMILES string of the molecule is COc1ccc(/C=C/C(=O)N2CCC[C@@H]3CN(C(=O)Cc4ccccc4OC)CC[C@H]32)cc1. The number of methoxy groups -OCH3 is 2. The summed E-state index contributed by atoms with van der Waals surface area (Å²) in [5.74, 6) is 2.05. The lowest BCUT2D eigenvalue weighted by Gasteiger charge is -2.47. The van der Waals surface area contributed by atoms with Crippen molar-refractivity contribution >= 4 is 17.9 Å². The minimum atomic E-state index is 0.0503. The number of carbonyl (C=O) groups excluding carboxylic acids is 2. The maximum absolute atomic E-state index is 13.0. The molecule has 2 aromatic rings. The van der Waals surface area contributed by atoms with Gasteiger partial charge < -0.3 is 19.3 Å². The number of likely N-dealkylation sites (tertiary alicyclic amines) is 2. The van der Waals surface area contributed by atoms with Gasteiger partial charge in [0.25, 0.3) is 0 Å². The number of amides is 2. The quantitative estimate of drug-likeness (QED) is 0.631. The number of hydrogen-bond donors (Lipinski definition) is 0. The van der Waals surface area contributed by atoms with Gasteiger partial charge in [-0.25, -0.2) is 0 Å². The number of hydrogen-bond acceptors (Lipinski definition) is 4. The lowest BCUT2D eigenvalue weighted by molar-refractivity contribution is -0.138. The molecule has 6 heteroatoms. The van der Waals surface area contributed by atoms with E-state index < -0.39 is 0 Å². The predicted octanol–water partition coefficient (Wildman–Crippen LogP) is 3.80. The van der Waals surface area contributed by atoms with Crippen LogP contribution in [0.4, 0.5) is 0 Å². The van der Waals surface area contributed by atoms with Crippen molar-refractivity contribution in [2.45, 2.75) is 31.7 Å². The Hall–Kier alpha value is -3.28. The third kappa shape index (κ3) is 5.38. The first-order valence-corrected chi connectivity index (χ1v) is 11.6. The van der Waals surface area contributed by atoms with Gasteiger partial charge in [0.1, 0.15) is 11.5 Å². The minimum Gasteiger partial charge on any atom is -0.497 e. The summed E-state index contributed by atoms with van der Waals surface area (Å²) in [4.78, 5) is 30.0. The van der Waals surface area contributed by atoms with Crippen molar-refractivity contribution < 1.29 is 19.1 Å². The number of nitrogens with zero attached hydrogens (tertiary/aromatic N) is 2. The van der Waals surface area contributed by atoms with E-state index >= 15 is 0 Å². The first-order chi connectivity index (χ1) is 16.1. The Bertz CT molecular complexity index is 1000. The highest BCUT2D eigenvalue weighted by molar-refractivity contribution is 5.92. The van der Waals surface area contributed by atoms with E-state index in [2.05, 4.69) is 0 Å². The Balaban J connectivity index is 1.37. The molecule has 33 heavy (non-hydrogen) atoms. The van der Waals surface area contributed by atoms with E-state index in [-0.39, 0.29) is 17.9 Å². The highest BCUT2D eigenvalue weighted by Gasteiger charge is 2.38. The normalized spacial score (nSPS) is 20.4. The fraction of sp³-hybridized carbons (Fsp3) is 0.407. The molecule has 0 unspecified atom stereocenters. The third-order valence-corrected chi connectivity index (χ3v) is 6.77. The van der Waals surface area contributed by atoms with Gasteiger partial charge in [-0.1, -0.05) is 30.3 Å². The van der Waals surface area contributed by atoms with Gasteiger partial charge in [-0.05, 0) is 55.0 Å². The van der Waals surface area contributed by atoms with E-state index in [1.165, 1.54) is 0 Å². The molecule has 2 aliphatic heterocycles. The van der Waals surface area contributed by atoms with Crippen LogP contribution in [0.5, 0.6) is 11.5 Å². The molecule has 4 rings (SSSR count). The molecule has 2 heterocycles.